The summed E-state index contributed by atoms with van der Waals surface area (Å²) in [6.45, 7) is 3.08. The molecule has 1 atom stereocenters. The Balaban J connectivity index is 2.02. The molecule has 17 heavy (non-hydrogen) atoms. The van der Waals surface area contributed by atoms with E-state index in [2.05, 4.69) is 30.4 Å². The minimum absolute atomic E-state index is 0.385. The van der Waals surface area contributed by atoms with Crippen LogP contribution in [-0.2, 0) is 6.42 Å². The van der Waals surface area contributed by atoms with Crippen LogP contribution in [-0.4, -0.2) is 12.1 Å². The van der Waals surface area contributed by atoms with Gasteiger partial charge in [0.2, 0.25) is 0 Å². The summed E-state index contributed by atoms with van der Waals surface area (Å²) >= 11 is 0. The highest BCUT2D eigenvalue weighted by atomic mass is 15.0. The minimum Gasteiger partial charge on any atom is -0.299 e. The largest absolute Gasteiger partial charge is 0.299 e. The molecule has 1 saturated carbocycles. The molecular weight excluding hydrogens is 208 g/mol. The molecule has 0 spiro atoms. The molecule has 0 aromatic heterocycles. The second-order valence-electron chi connectivity index (χ2n) is 5.03. The highest BCUT2D eigenvalue weighted by molar-refractivity contribution is 5.22. The van der Waals surface area contributed by atoms with Gasteiger partial charge < -0.3 is 0 Å². The van der Waals surface area contributed by atoms with E-state index in [9.17, 15) is 5.26 Å². The van der Waals surface area contributed by atoms with E-state index in [4.69, 9.17) is 0 Å². The molecule has 1 unspecified atom stereocenters. The van der Waals surface area contributed by atoms with Gasteiger partial charge in [-0.25, -0.2) is 0 Å². The molecule has 2 rings (SSSR count). The molecule has 2 nitrogen and oxygen atoms in total. The number of hydrogen-bond acceptors (Lipinski definition) is 2. The Morgan fingerprint density at radius 3 is 2.59 bits per heavy atom. The van der Waals surface area contributed by atoms with Crippen molar-refractivity contribution >= 4 is 0 Å². The second-order valence-corrected chi connectivity index (χ2v) is 5.03. The first-order valence-corrected chi connectivity index (χ1v) is 6.48. The lowest BCUT2D eigenvalue weighted by Gasteiger charge is -2.27. The molecule has 1 aliphatic carbocycles. The maximum Gasteiger partial charge on any atom is 0.110 e. The van der Waals surface area contributed by atoms with Crippen LogP contribution in [0.5, 0.6) is 0 Å². The van der Waals surface area contributed by atoms with Gasteiger partial charge in [0.1, 0.15) is 5.54 Å². The predicted octanol–water partition coefficient (Wildman–Crippen LogP) is 2.90. The van der Waals surface area contributed by atoms with Crippen molar-refractivity contribution in [2.45, 2.75) is 38.1 Å². The Kier molecular flexibility index (Phi) is 3.81. The molecule has 0 heterocycles. The number of hydrogen-bond donors (Lipinski definition) is 1. The Bertz CT molecular complexity index is 389. The molecule has 0 aliphatic heterocycles. The topological polar surface area (TPSA) is 35.8 Å². The normalized spacial score (nSPS) is 18.4. The monoisotopic (exact) mass is 228 g/mol. The maximum absolute atomic E-state index is 9.46. The van der Waals surface area contributed by atoms with Crippen molar-refractivity contribution in [2.75, 3.05) is 6.54 Å². The molecule has 1 N–H and O–H groups in total. The highest BCUT2D eigenvalue weighted by Crippen LogP contribution is 2.29. The summed E-state index contributed by atoms with van der Waals surface area (Å²) in [7, 11) is 0. The quantitative estimate of drug-likeness (QED) is 0.812. The van der Waals surface area contributed by atoms with Gasteiger partial charge in [-0.15, -0.1) is 0 Å². The lowest BCUT2D eigenvalue weighted by molar-refractivity contribution is 0.388. The number of nitrogens with zero attached hydrogens (tertiary/aromatic N) is 1. The van der Waals surface area contributed by atoms with Gasteiger partial charge in [-0.1, -0.05) is 37.3 Å². The smallest absolute Gasteiger partial charge is 0.110 e. The van der Waals surface area contributed by atoms with Crippen molar-refractivity contribution in [2.24, 2.45) is 5.92 Å². The molecule has 1 aliphatic rings. The van der Waals surface area contributed by atoms with Crippen LogP contribution < -0.4 is 5.32 Å². The van der Waals surface area contributed by atoms with Crippen LogP contribution in [0, 0.1) is 17.2 Å². The average Bonchev–Trinajstić information content (AvgIpc) is 3.20. The maximum atomic E-state index is 9.46. The van der Waals surface area contributed by atoms with Gasteiger partial charge in [0.25, 0.3) is 0 Å². The van der Waals surface area contributed by atoms with Crippen molar-refractivity contribution in [3.05, 3.63) is 35.9 Å². The second kappa shape index (κ2) is 5.33. The standard InChI is InChI=1S/C15H20N2/c1-2-15(12-16,17-11-14-8-9-14)10-13-6-4-3-5-7-13/h3-7,14,17H,2,8-11H2,1H3. The zero-order valence-electron chi connectivity index (χ0n) is 10.4. The fourth-order valence-corrected chi connectivity index (χ4v) is 2.08. The first kappa shape index (κ1) is 12.1. The Hall–Kier alpha value is -1.33. The molecule has 1 fully saturated rings. The van der Waals surface area contributed by atoms with Crippen molar-refractivity contribution in [1.82, 2.24) is 5.32 Å². The fraction of sp³-hybridized carbons (Fsp3) is 0.533. The number of benzene rings is 1. The molecule has 90 valence electrons. The summed E-state index contributed by atoms with van der Waals surface area (Å²) in [6.07, 6.45) is 4.30. The van der Waals surface area contributed by atoms with Crippen molar-refractivity contribution in [3.63, 3.8) is 0 Å². The van der Waals surface area contributed by atoms with E-state index in [1.165, 1.54) is 18.4 Å². The summed E-state index contributed by atoms with van der Waals surface area (Å²) in [6, 6.07) is 12.8. The van der Waals surface area contributed by atoms with Crippen LogP contribution in [0.2, 0.25) is 0 Å². The predicted molar refractivity (Wildman–Crippen MR) is 69.5 cm³/mol. The van der Waals surface area contributed by atoms with Gasteiger partial charge in [-0.3, -0.25) is 5.32 Å². The molecule has 0 amide bonds. The minimum atomic E-state index is -0.385. The molecule has 0 saturated heterocycles. The SMILES string of the molecule is CCC(C#N)(Cc1ccccc1)NCC1CC1. The Morgan fingerprint density at radius 1 is 1.35 bits per heavy atom. The van der Waals surface area contributed by atoms with Crippen LogP contribution in [0.4, 0.5) is 0 Å². The summed E-state index contributed by atoms with van der Waals surface area (Å²) < 4.78 is 0. The van der Waals surface area contributed by atoms with Crippen molar-refractivity contribution in [1.29, 1.82) is 5.26 Å². The van der Waals surface area contributed by atoms with E-state index in [0.717, 1.165) is 25.3 Å². The van der Waals surface area contributed by atoms with E-state index in [1.807, 2.05) is 18.2 Å². The van der Waals surface area contributed by atoms with E-state index in [0.29, 0.717) is 0 Å². The molecule has 0 radical (unpaired) electrons. The van der Waals surface area contributed by atoms with Crippen molar-refractivity contribution < 1.29 is 0 Å². The van der Waals surface area contributed by atoms with Gasteiger partial charge >= 0.3 is 0 Å². The molecule has 2 heteroatoms. The van der Waals surface area contributed by atoms with Crippen LogP contribution >= 0.6 is 0 Å². The third-order valence-corrected chi connectivity index (χ3v) is 3.59. The van der Waals surface area contributed by atoms with Crippen LogP contribution in [0.25, 0.3) is 0 Å². The van der Waals surface area contributed by atoms with E-state index in [-0.39, 0.29) is 5.54 Å². The third-order valence-electron chi connectivity index (χ3n) is 3.59. The third kappa shape index (κ3) is 3.31. The number of nitrogens with one attached hydrogen (secondary N) is 1. The van der Waals surface area contributed by atoms with Gasteiger partial charge in [0, 0.05) is 6.42 Å². The van der Waals surface area contributed by atoms with Gasteiger partial charge in [-0.05, 0) is 37.3 Å². The first-order valence-electron chi connectivity index (χ1n) is 6.48. The van der Waals surface area contributed by atoms with Crippen LogP contribution in [0.3, 0.4) is 0 Å². The van der Waals surface area contributed by atoms with E-state index < -0.39 is 0 Å². The zero-order chi connectivity index (χ0) is 12.1. The lowest BCUT2D eigenvalue weighted by Crippen LogP contribution is -2.46. The van der Waals surface area contributed by atoms with Gasteiger partial charge in [-0.2, -0.15) is 5.26 Å². The van der Waals surface area contributed by atoms with Crippen LogP contribution in [0.15, 0.2) is 30.3 Å². The molecule has 1 aromatic carbocycles. The summed E-state index contributed by atoms with van der Waals surface area (Å²) in [4.78, 5) is 0. The number of rotatable bonds is 6. The summed E-state index contributed by atoms with van der Waals surface area (Å²) in [5.74, 6) is 0.810. The van der Waals surface area contributed by atoms with Crippen molar-refractivity contribution in [3.8, 4) is 6.07 Å². The Labute approximate surface area is 104 Å². The summed E-state index contributed by atoms with van der Waals surface area (Å²) in [5.41, 5.74) is 0.850. The highest BCUT2D eigenvalue weighted by Gasteiger charge is 2.31. The summed E-state index contributed by atoms with van der Waals surface area (Å²) in [5, 5.41) is 12.9. The van der Waals surface area contributed by atoms with Gasteiger partial charge in [0.05, 0.1) is 6.07 Å². The number of nitriles is 1. The lowest BCUT2D eigenvalue weighted by atomic mass is 9.89. The molecule has 1 aromatic rings. The molecule has 0 bridgehead atoms. The Morgan fingerprint density at radius 2 is 2.06 bits per heavy atom. The van der Waals surface area contributed by atoms with Crippen LogP contribution in [0.1, 0.15) is 31.7 Å². The van der Waals surface area contributed by atoms with E-state index in [1.54, 1.807) is 0 Å². The zero-order valence-corrected chi connectivity index (χ0v) is 10.4. The average molecular weight is 228 g/mol. The van der Waals surface area contributed by atoms with E-state index >= 15 is 0 Å². The fourth-order valence-electron chi connectivity index (χ4n) is 2.08. The first-order chi connectivity index (χ1) is 8.28. The molecular formula is C15H20N2. The van der Waals surface area contributed by atoms with Gasteiger partial charge in [0.15, 0.2) is 0 Å².